The Morgan fingerprint density at radius 3 is 2.71 bits per heavy atom. The molecule has 2 fully saturated rings. The molecule has 2 aliphatic heterocycles. The average molecular weight is 381 g/mol. The molecule has 1 aromatic heterocycles. The summed E-state index contributed by atoms with van der Waals surface area (Å²) in [5.74, 6) is 0.586. The van der Waals surface area contributed by atoms with E-state index in [2.05, 4.69) is 16.0 Å². The molecule has 2 aromatic rings. The van der Waals surface area contributed by atoms with Crippen LogP contribution in [-0.2, 0) is 6.42 Å². The van der Waals surface area contributed by atoms with Gasteiger partial charge in [0.15, 0.2) is 0 Å². The van der Waals surface area contributed by atoms with Crippen LogP contribution in [0.15, 0.2) is 42.7 Å². The van der Waals surface area contributed by atoms with Crippen molar-refractivity contribution in [2.75, 3.05) is 26.2 Å². The molecule has 0 N–H and O–H groups in total. The number of rotatable bonds is 4. The number of aryl methyl sites for hydroxylation is 1. The summed E-state index contributed by atoms with van der Waals surface area (Å²) in [6.07, 6.45) is 7.51. The van der Waals surface area contributed by atoms with Crippen LogP contribution in [0.1, 0.15) is 40.7 Å². The number of amides is 1. The van der Waals surface area contributed by atoms with E-state index in [0.29, 0.717) is 23.1 Å². The van der Waals surface area contributed by atoms with Gasteiger partial charge >= 0.3 is 0 Å². The number of aromatic nitrogens is 1. The molecule has 0 bridgehead atoms. The summed E-state index contributed by atoms with van der Waals surface area (Å²) >= 11 is 0. The van der Waals surface area contributed by atoms with Crippen LogP contribution in [0.5, 0.6) is 0 Å². The first kappa shape index (κ1) is 19.1. The van der Waals surface area contributed by atoms with Crippen molar-refractivity contribution in [3.63, 3.8) is 0 Å². The van der Waals surface area contributed by atoms with E-state index in [1.165, 1.54) is 6.42 Å². The summed E-state index contributed by atoms with van der Waals surface area (Å²) in [6, 6.07) is 9.83. The van der Waals surface area contributed by atoms with E-state index in [1.807, 2.05) is 30.0 Å². The molecule has 2 saturated heterocycles. The van der Waals surface area contributed by atoms with Gasteiger partial charge in [-0.3, -0.25) is 14.7 Å². The maximum absolute atomic E-state index is 13.8. The molecule has 148 valence electrons. The average Bonchev–Trinajstić information content (AvgIpc) is 3.19. The Bertz CT molecular complexity index is 818. The van der Waals surface area contributed by atoms with Crippen LogP contribution in [0, 0.1) is 18.7 Å². The maximum Gasteiger partial charge on any atom is 0.255 e. The van der Waals surface area contributed by atoms with E-state index in [9.17, 15) is 9.18 Å². The lowest BCUT2D eigenvalue weighted by molar-refractivity contribution is 0.0640. The highest BCUT2D eigenvalue weighted by molar-refractivity contribution is 5.93. The topological polar surface area (TPSA) is 36.4 Å². The van der Waals surface area contributed by atoms with E-state index in [0.717, 1.165) is 51.0 Å². The summed E-state index contributed by atoms with van der Waals surface area (Å²) < 4.78 is 13.8. The number of likely N-dealkylation sites (tertiary alicyclic amines) is 2. The fourth-order valence-electron chi connectivity index (χ4n) is 4.56. The Balaban J connectivity index is 1.27. The second-order valence-electron chi connectivity index (χ2n) is 8.20. The van der Waals surface area contributed by atoms with Gasteiger partial charge in [-0.05, 0) is 74.4 Å². The van der Waals surface area contributed by atoms with Crippen LogP contribution in [0.25, 0.3) is 0 Å². The van der Waals surface area contributed by atoms with E-state index in [-0.39, 0.29) is 11.7 Å². The Morgan fingerprint density at radius 2 is 2.00 bits per heavy atom. The molecular formula is C23H28FN3O. The molecule has 0 radical (unpaired) electrons. The first-order valence-corrected chi connectivity index (χ1v) is 10.3. The number of hydrogen-bond acceptors (Lipinski definition) is 3. The third kappa shape index (κ3) is 4.25. The van der Waals surface area contributed by atoms with Crippen LogP contribution in [0.4, 0.5) is 4.39 Å². The Labute approximate surface area is 166 Å². The number of hydrogen-bond donors (Lipinski definition) is 0. The van der Waals surface area contributed by atoms with Crippen molar-refractivity contribution in [3.8, 4) is 0 Å². The summed E-state index contributed by atoms with van der Waals surface area (Å²) in [5.41, 5.74) is 2.49. The quantitative estimate of drug-likeness (QED) is 0.810. The number of halogens is 1. The highest BCUT2D eigenvalue weighted by Crippen LogP contribution is 2.27. The number of nitrogens with zero attached hydrogens (tertiary/aromatic N) is 3. The molecule has 1 amide bonds. The summed E-state index contributed by atoms with van der Waals surface area (Å²) in [4.78, 5) is 21.2. The van der Waals surface area contributed by atoms with Gasteiger partial charge in [0.25, 0.3) is 5.91 Å². The summed E-state index contributed by atoms with van der Waals surface area (Å²) in [5, 5.41) is 0. The standard InChI is InChI=1S/C23H28FN3O/c1-17-4-5-18(14-22(17)24)13-19-6-10-27(16-19)21-7-11-26(12-8-21)23(28)20-3-2-9-25-15-20/h2-5,9,14-15,19,21H,6-8,10-13,16H2,1H3. The Kier molecular flexibility index (Phi) is 5.72. The van der Waals surface area contributed by atoms with Crippen LogP contribution >= 0.6 is 0 Å². The van der Waals surface area contributed by atoms with Gasteiger partial charge in [-0.15, -0.1) is 0 Å². The lowest BCUT2D eigenvalue weighted by Crippen LogP contribution is -2.46. The second kappa shape index (κ2) is 8.39. The third-order valence-electron chi connectivity index (χ3n) is 6.25. The van der Waals surface area contributed by atoms with Crippen molar-refractivity contribution in [1.82, 2.24) is 14.8 Å². The minimum atomic E-state index is -0.0991. The van der Waals surface area contributed by atoms with E-state index >= 15 is 0 Å². The van der Waals surface area contributed by atoms with Gasteiger partial charge in [-0.25, -0.2) is 4.39 Å². The van der Waals surface area contributed by atoms with E-state index < -0.39 is 0 Å². The van der Waals surface area contributed by atoms with Crippen molar-refractivity contribution in [2.24, 2.45) is 5.92 Å². The van der Waals surface area contributed by atoms with Crippen LogP contribution in [0.2, 0.25) is 0 Å². The molecule has 0 spiro atoms. The van der Waals surface area contributed by atoms with Gasteiger partial charge in [0.2, 0.25) is 0 Å². The van der Waals surface area contributed by atoms with E-state index in [4.69, 9.17) is 0 Å². The first-order valence-electron chi connectivity index (χ1n) is 10.3. The Hall–Kier alpha value is -2.27. The predicted molar refractivity (Wildman–Crippen MR) is 108 cm³/mol. The highest BCUT2D eigenvalue weighted by Gasteiger charge is 2.32. The normalized spacial score (nSPS) is 21.2. The zero-order valence-electron chi connectivity index (χ0n) is 16.5. The molecule has 1 unspecified atom stereocenters. The molecule has 0 aliphatic carbocycles. The fourth-order valence-corrected chi connectivity index (χ4v) is 4.56. The number of benzene rings is 1. The van der Waals surface area contributed by atoms with Gasteiger partial charge in [0.05, 0.1) is 5.56 Å². The van der Waals surface area contributed by atoms with Crippen LogP contribution < -0.4 is 0 Å². The second-order valence-corrected chi connectivity index (χ2v) is 8.20. The van der Waals surface area contributed by atoms with Crippen molar-refractivity contribution >= 4 is 5.91 Å². The third-order valence-corrected chi connectivity index (χ3v) is 6.25. The molecule has 1 aromatic carbocycles. The molecule has 0 saturated carbocycles. The van der Waals surface area contributed by atoms with Crippen LogP contribution in [0.3, 0.4) is 0 Å². The van der Waals surface area contributed by atoms with Crippen molar-refractivity contribution in [3.05, 3.63) is 65.2 Å². The summed E-state index contributed by atoms with van der Waals surface area (Å²) in [6.45, 7) is 5.62. The molecule has 2 aliphatic rings. The fraction of sp³-hybridized carbons (Fsp3) is 0.478. The minimum absolute atomic E-state index is 0.0900. The molecule has 4 rings (SSSR count). The van der Waals surface area contributed by atoms with Gasteiger partial charge in [-0.1, -0.05) is 12.1 Å². The largest absolute Gasteiger partial charge is 0.338 e. The molecule has 5 heteroatoms. The maximum atomic E-state index is 13.8. The lowest BCUT2D eigenvalue weighted by atomic mass is 9.97. The molecular weight excluding hydrogens is 353 g/mol. The van der Waals surface area contributed by atoms with Crippen molar-refractivity contribution in [1.29, 1.82) is 0 Å². The number of piperidine rings is 1. The number of carbonyl (C=O) groups excluding carboxylic acids is 1. The van der Waals surface area contributed by atoms with Gasteiger partial charge < -0.3 is 4.90 Å². The smallest absolute Gasteiger partial charge is 0.255 e. The molecule has 28 heavy (non-hydrogen) atoms. The molecule has 4 nitrogen and oxygen atoms in total. The van der Waals surface area contributed by atoms with Gasteiger partial charge in [-0.2, -0.15) is 0 Å². The van der Waals surface area contributed by atoms with Gasteiger partial charge in [0, 0.05) is 38.1 Å². The summed E-state index contributed by atoms with van der Waals surface area (Å²) in [7, 11) is 0. The zero-order valence-corrected chi connectivity index (χ0v) is 16.5. The Morgan fingerprint density at radius 1 is 1.18 bits per heavy atom. The monoisotopic (exact) mass is 381 g/mol. The molecule has 1 atom stereocenters. The zero-order chi connectivity index (χ0) is 19.5. The minimum Gasteiger partial charge on any atom is -0.338 e. The van der Waals surface area contributed by atoms with Crippen molar-refractivity contribution in [2.45, 2.75) is 38.6 Å². The number of carbonyl (C=O) groups is 1. The molecule has 3 heterocycles. The predicted octanol–water partition coefficient (Wildman–Crippen LogP) is 3.70. The van der Waals surface area contributed by atoms with Gasteiger partial charge in [0.1, 0.15) is 5.82 Å². The highest BCUT2D eigenvalue weighted by atomic mass is 19.1. The first-order chi connectivity index (χ1) is 13.6. The van der Waals surface area contributed by atoms with Crippen LogP contribution in [-0.4, -0.2) is 52.9 Å². The lowest BCUT2D eigenvalue weighted by Gasteiger charge is -2.36. The number of pyridine rings is 1. The van der Waals surface area contributed by atoms with E-state index in [1.54, 1.807) is 18.5 Å². The van der Waals surface area contributed by atoms with Crippen molar-refractivity contribution < 1.29 is 9.18 Å². The SMILES string of the molecule is Cc1ccc(CC2CCN(C3CCN(C(=O)c4cccnc4)CC3)C2)cc1F.